The second kappa shape index (κ2) is 3.83. The van der Waals surface area contributed by atoms with Gasteiger partial charge in [-0.1, -0.05) is 6.07 Å². The van der Waals surface area contributed by atoms with Gasteiger partial charge in [0.2, 0.25) is 0 Å². The Morgan fingerprint density at radius 3 is 2.79 bits per heavy atom. The van der Waals surface area contributed by atoms with E-state index >= 15 is 0 Å². The SMILES string of the molecule is COc1cccc2sc(SC)c(C)c12. The molecule has 0 radical (unpaired) electrons. The maximum absolute atomic E-state index is 5.36. The summed E-state index contributed by atoms with van der Waals surface area (Å²) in [6.45, 7) is 2.16. The Hall–Kier alpha value is -0.670. The Labute approximate surface area is 92.1 Å². The first-order valence-electron chi connectivity index (χ1n) is 4.38. The van der Waals surface area contributed by atoms with Crippen molar-refractivity contribution in [3.05, 3.63) is 23.8 Å². The number of methoxy groups -OCH3 is 1. The number of rotatable bonds is 2. The molecule has 0 N–H and O–H groups in total. The number of hydrogen-bond donors (Lipinski definition) is 0. The molecule has 74 valence electrons. The summed E-state index contributed by atoms with van der Waals surface area (Å²) in [5.74, 6) is 0.983. The van der Waals surface area contributed by atoms with Gasteiger partial charge in [0.1, 0.15) is 5.75 Å². The van der Waals surface area contributed by atoms with E-state index in [1.165, 1.54) is 19.9 Å². The van der Waals surface area contributed by atoms with E-state index in [0.717, 1.165) is 5.75 Å². The van der Waals surface area contributed by atoms with Crippen LogP contribution in [0.2, 0.25) is 0 Å². The van der Waals surface area contributed by atoms with Crippen LogP contribution in [0.15, 0.2) is 22.4 Å². The first kappa shape index (κ1) is 9.87. The van der Waals surface area contributed by atoms with Gasteiger partial charge in [0.15, 0.2) is 0 Å². The molecule has 14 heavy (non-hydrogen) atoms. The molecule has 1 aromatic carbocycles. The average molecular weight is 224 g/mol. The topological polar surface area (TPSA) is 9.23 Å². The monoisotopic (exact) mass is 224 g/mol. The van der Waals surface area contributed by atoms with Crippen LogP contribution in [0.25, 0.3) is 10.1 Å². The van der Waals surface area contributed by atoms with Crippen LogP contribution in [0.3, 0.4) is 0 Å². The number of benzene rings is 1. The highest BCUT2D eigenvalue weighted by molar-refractivity contribution is 8.00. The Morgan fingerprint density at radius 2 is 2.14 bits per heavy atom. The van der Waals surface area contributed by atoms with E-state index in [2.05, 4.69) is 19.2 Å². The largest absolute Gasteiger partial charge is 0.496 e. The summed E-state index contributed by atoms with van der Waals surface area (Å²) in [7, 11) is 1.73. The zero-order valence-corrected chi connectivity index (χ0v) is 10.1. The van der Waals surface area contributed by atoms with Crippen LogP contribution in [0.4, 0.5) is 0 Å². The third-order valence-electron chi connectivity index (χ3n) is 2.28. The third kappa shape index (κ3) is 1.41. The highest BCUT2D eigenvalue weighted by Crippen LogP contribution is 2.40. The third-order valence-corrected chi connectivity index (χ3v) is 4.76. The van der Waals surface area contributed by atoms with Gasteiger partial charge in [-0.3, -0.25) is 0 Å². The van der Waals surface area contributed by atoms with E-state index in [1.807, 2.05) is 23.5 Å². The molecule has 0 amide bonds. The lowest BCUT2D eigenvalue weighted by Gasteiger charge is -2.01. The fourth-order valence-electron chi connectivity index (χ4n) is 1.61. The Balaban J connectivity index is 2.79. The fourth-order valence-corrected chi connectivity index (χ4v) is 3.58. The van der Waals surface area contributed by atoms with Crippen LogP contribution in [0.1, 0.15) is 5.56 Å². The fraction of sp³-hybridized carbons (Fsp3) is 0.273. The molecule has 2 aromatic rings. The van der Waals surface area contributed by atoms with E-state index < -0.39 is 0 Å². The van der Waals surface area contributed by atoms with Crippen molar-refractivity contribution in [1.29, 1.82) is 0 Å². The van der Waals surface area contributed by atoms with Gasteiger partial charge < -0.3 is 4.74 Å². The van der Waals surface area contributed by atoms with E-state index in [0.29, 0.717) is 0 Å². The highest BCUT2D eigenvalue weighted by atomic mass is 32.2. The molecule has 0 unspecified atom stereocenters. The molecule has 0 bridgehead atoms. The second-order valence-electron chi connectivity index (χ2n) is 3.05. The zero-order chi connectivity index (χ0) is 10.1. The van der Waals surface area contributed by atoms with Crippen LogP contribution in [-0.4, -0.2) is 13.4 Å². The molecule has 3 heteroatoms. The minimum Gasteiger partial charge on any atom is -0.496 e. The minimum atomic E-state index is 0.983. The minimum absolute atomic E-state index is 0.983. The maximum atomic E-state index is 5.36. The Kier molecular flexibility index (Phi) is 2.70. The molecule has 1 heterocycles. The molecule has 1 aromatic heterocycles. The lowest BCUT2D eigenvalue weighted by atomic mass is 10.2. The first-order valence-corrected chi connectivity index (χ1v) is 6.42. The summed E-state index contributed by atoms with van der Waals surface area (Å²) < 4.78 is 8.05. The average Bonchev–Trinajstić information content (AvgIpc) is 2.55. The second-order valence-corrected chi connectivity index (χ2v) is 5.18. The molecule has 1 nitrogen and oxygen atoms in total. The van der Waals surface area contributed by atoms with Crippen molar-refractivity contribution in [1.82, 2.24) is 0 Å². The van der Waals surface area contributed by atoms with Crippen molar-refractivity contribution in [2.45, 2.75) is 11.1 Å². The normalized spacial score (nSPS) is 10.8. The predicted octanol–water partition coefficient (Wildman–Crippen LogP) is 3.94. The molecule has 2 rings (SSSR count). The summed E-state index contributed by atoms with van der Waals surface area (Å²) >= 11 is 3.64. The van der Waals surface area contributed by atoms with Gasteiger partial charge in [-0.25, -0.2) is 0 Å². The zero-order valence-electron chi connectivity index (χ0n) is 8.46. The van der Waals surface area contributed by atoms with E-state index in [-0.39, 0.29) is 0 Å². The van der Waals surface area contributed by atoms with Crippen molar-refractivity contribution >= 4 is 33.2 Å². The van der Waals surface area contributed by atoms with Crippen molar-refractivity contribution in [2.24, 2.45) is 0 Å². The molecular weight excluding hydrogens is 212 g/mol. The number of ether oxygens (including phenoxy) is 1. The molecule has 0 spiro atoms. The molecule has 0 aliphatic rings. The van der Waals surface area contributed by atoms with Gasteiger partial charge in [0.25, 0.3) is 0 Å². The quantitative estimate of drug-likeness (QED) is 0.715. The number of thiophene rings is 1. The van der Waals surface area contributed by atoms with E-state index in [9.17, 15) is 0 Å². The number of aryl methyl sites for hydroxylation is 1. The molecular formula is C11H12OS2. The lowest BCUT2D eigenvalue weighted by Crippen LogP contribution is -1.83. The molecule has 0 fully saturated rings. The number of thioether (sulfide) groups is 1. The molecule has 0 atom stereocenters. The summed E-state index contributed by atoms with van der Waals surface area (Å²) in [5.41, 5.74) is 1.34. The summed E-state index contributed by atoms with van der Waals surface area (Å²) in [4.78, 5) is 0. The van der Waals surface area contributed by atoms with Crippen LogP contribution in [0, 0.1) is 6.92 Å². The number of fused-ring (bicyclic) bond motifs is 1. The predicted molar refractivity (Wildman–Crippen MR) is 64.9 cm³/mol. The van der Waals surface area contributed by atoms with Gasteiger partial charge in [-0.2, -0.15) is 0 Å². The molecule has 0 aliphatic heterocycles. The van der Waals surface area contributed by atoms with Crippen LogP contribution < -0.4 is 4.74 Å². The standard InChI is InChI=1S/C11H12OS2/c1-7-10-8(12-2)5-4-6-9(10)14-11(7)13-3/h4-6H,1-3H3. The van der Waals surface area contributed by atoms with Gasteiger partial charge in [0.05, 0.1) is 11.3 Å². The van der Waals surface area contributed by atoms with Gasteiger partial charge in [0, 0.05) is 10.1 Å². The number of hydrogen-bond acceptors (Lipinski definition) is 3. The van der Waals surface area contributed by atoms with Crippen molar-refractivity contribution < 1.29 is 4.74 Å². The first-order chi connectivity index (χ1) is 6.77. The van der Waals surface area contributed by atoms with E-state index in [4.69, 9.17) is 4.74 Å². The molecule has 0 aliphatic carbocycles. The van der Waals surface area contributed by atoms with Gasteiger partial charge in [-0.15, -0.1) is 23.1 Å². The molecule has 0 saturated carbocycles. The van der Waals surface area contributed by atoms with Crippen LogP contribution in [-0.2, 0) is 0 Å². The summed E-state index contributed by atoms with van der Waals surface area (Å²) in [5, 5.41) is 1.27. The van der Waals surface area contributed by atoms with Gasteiger partial charge >= 0.3 is 0 Å². The van der Waals surface area contributed by atoms with E-state index in [1.54, 1.807) is 18.9 Å². The lowest BCUT2D eigenvalue weighted by molar-refractivity contribution is 0.419. The summed E-state index contributed by atoms with van der Waals surface area (Å²) in [6, 6.07) is 6.21. The van der Waals surface area contributed by atoms with Crippen LogP contribution >= 0.6 is 23.1 Å². The van der Waals surface area contributed by atoms with Crippen molar-refractivity contribution in [3.63, 3.8) is 0 Å². The highest BCUT2D eigenvalue weighted by Gasteiger charge is 2.10. The van der Waals surface area contributed by atoms with Crippen LogP contribution in [0.5, 0.6) is 5.75 Å². The van der Waals surface area contributed by atoms with Gasteiger partial charge in [-0.05, 0) is 30.9 Å². The Morgan fingerprint density at radius 1 is 1.36 bits per heavy atom. The van der Waals surface area contributed by atoms with Crippen molar-refractivity contribution in [2.75, 3.05) is 13.4 Å². The Bertz CT molecular complexity index is 460. The summed E-state index contributed by atoms with van der Waals surface area (Å²) in [6.07, 6.45) is 2.12. The maximum Gasteiger partial charge on any atom is 0.127 e. The van der Waals surface area contributed by atoms with Crippen molar-refractivity contribution in [3.8, 4) is 5.75 Å². The molecule has 0 saturated heterocycles. The smallest absolute Gasteiger partial charge is 0.127 e.